The van der Waals surface area contributed by atoms with Gasteiger partial charge in [0.05, 0.1) is 15.9 Å². The van der Waals surface area contributed by atoms with E-state index in [2.05, 4.69) is 25.9 Å². The van der Waals surface area contributed by atoms with E-state index in [0.29, 0.717) is 18.0 Å². The molecule has 1 aromatic carbocycles. The molecular formula is C15H16BrN3O3S. The molecule has 0 aliphatic carbocycles. The molecule has 0 amide bonds. The normalized spacial score (nSPS) is 19.4. The fraction of sp³-hybridized carbons (Fsp3) is 0.333. The number of aromatic nitrogens is 2. The topological polar surface area (TPSA) is 72.4 Å². The molecule has 3 rings (SSSR count). The molecule has 23 heavy (non-hydrogen) atoms. The Kier molecular flexibility index (Phi) is 4.93. The fourth-order valence-electron chi connectivity index (χ4n) is 2.47. The molecule has 8 heteroatoms. The third kappa shape index (κ3) is 3.88. The maximum atomic E-state index is 12.7. The van der Waals surface area contributed by atoms with Crippen LogP contribution in [-0.4, -0.2) is 41.9 Å². The number of hydrogen-bond acceptors (Lipinski definition) is 5. The predicted octanol–water partition coefficient (Wildman–Crippen LogP) is 2.47. The standard InChI is InChI=1S/C15H16BrN3O3S/c16-12-9-17-15(18-10-12)22-13-5-4-8-19(11-13)23(20,21)14-6-2-1-3-7-14/h1-3,6-7,9-10,13H,4-5,8,11H2. The van der Waals surface area contributed by atoms with Crippen molar-refractivity contribution in [1.29, 1.82) is 0 Å². The summed E-state index contributed by atoms with van der Waals surface area (Å²) in [6.07, 6.45) is 4.48. The van der Waals surface area contributed by atoms with Crippen LogP contribution in [0.5, 0.6) is 6.01 Å². The number of sulfonamides is 1. The van der Waals surface area contributed by atoms with Gasteiger partial charge in [-0.1, -0.05) is 18.2 Å². The van der Waals surface area contributed by atoms with Gasteiger partial charge in [-0.2, -0.15) is 4.31 Å². The molecule has 0 N–H and O–H groups in total. The third-order valence-electron chi connectivity index (χ3n) is 3.59. The van der Waals surface area contributed by atoms with Gasteiger partial charge in [-0.3, -0.25) is 0 Å². The molecule has 0 spiro atoms. The van der Waals surface area contributed by atoms with Gasteiger partial charge in [0.15, 0.2) is 0 Å². The van der Waals surface area contributed by atoms with Crippen molar-refractivity contribution in [2.75, 3.05) is 13.1 Å². The quantitative estimate of drug-likeness (QED) is 0.791. The Hall–Kier alpha value is -1.51. The first-order chi connectivity index (χ1) is 11.1. The highest BCUT2D eigenvalue weighted by Gasteiger charge is 2.31. The maximum Gasteiger partial charge on any atom is 0.316 e. The summed E-state index contributed by atoms with van der Waals surface area (Å²) >= 11 is 3.26. The van der Waals surface area contributed by atoms with Crippen molar-refractivity contribution < 1.29 is 13.2 Å². The SMILES string of the molecule is O=S(=O)(c1ccccc1)N1CCCC(Oc2ncc(Br)cn2)C1. The van der Waals surface area contributed by atoms with Crippen molar-refractivity contribution in [2.24, 2.45) is 0 Å². The zero-order valence-electron chi connectivity index (χ0n) is 12.3. The molecule has 1 atom stereocenters. The summed E-state index contributed by atoms with van der Waals surface area (Å²) in [6.45, 7) is 0.801. The average molecular weight is 398 g/mol. The van der Waals surface area contributed by atoms with E-state index in [0.717, 1.165) is 17.3 Å². The van der Waals surface area contributed by atoms with Crippen LogP contribution in [-0.2, 0) is 10.0 Å². The monoisotopic (exact) mass is 397 g/mol. The minimum atomic E-state index is -3.49. The van der Waals surface area contributed by atoms with E-state index in [1.165, 1.54) is 4.31 Å². The highest BCUT2D eigenvalue weighted by molar-refractivity contribution is 9.10. The van der Waals surface area contributed by atoms with Crippen molar-refractivity contribution >= 4 is 26.0 Å². The van der Waals surface area contributed by atoms with Crippen LogP contribution in [0.4, 0.5) is 0 Å². The van der Waals surface area contributed by atoms with Gasteiger partial charge in [0.2, 0.25) is 10.0 Å². The van der Waals surface area contributed by atoms with Gasteiger partial charge in [0.25, 0.3) is 0 Å². The van der Waals surface area contributed by atoms with Gasteiger partial charge in [0.1, 0.15) is 6.10 Å². The lowest BCUT2D eigenvalue weighted by atomic mass is 10.1. The predicted molar refractivity (Wildman–Crippen MR) is 88.6 cm³/mol. The molecule has 2 aromatic rings. The molecule has 1 aliphatic rings. The molecule has 0 bridgehead atoms. The Bertz CT molecular complexity index is 753. The Balaban J connectivity index is 1.72. The zero-order valence-corrected chi connectivity index (χ0v) is 14.7. The number of nitrogens with zero attached hydrogens (tertiary/aromatic N) is 3. The van der Waals surface area contributed by atoms with E-state index < -0.39 is 10.0 Å². The summed E-state index contributed by atoms with van der Waals surface area (Å²) in [5, 5.41) is 0. The second-order valence-electron chi connectivity index (χ2n) is 5.24. The number of hydrogen-bond donors (Lipinski definition) is 0. The van der Waals surface area contributed by atoms with Crippen molar-refractivity contribution in [3.8, 4) is 6.01 Å². The lowest BCUT2D eigenvalue weighted by Crippen LogP contribution is -2.44. The Morgan fingerprint density at radius 3 is 2.57 bits per heavy atom. The van der Waals surface area contributed by atoms with E-state index in [1.54, 1.807) is 42.7 Å². The minimum absolute atomic E-state index is 0.247. The Morgan fingerprint density at radius 2 is 1.87 bits per heavy atom. The van der Waals surface area contributed by atoms with Gasteiger partial charge in [0, 0.05) is 18.9 Å². The number of ether oxygens (including phenoxy) is 1. The molecule has 0 radical (unpaired) electrons. The van der Waals surface area contributed by atoms with E-state index in [-0.39, 0.29) is 12.1 Å². The van der Waals surface area contributed by atoms with Crippen LogP contribution >= 0.6 is 15.9 Å². The van der Waals surface area contributed by atoms with E-state index in [9.17, 15) is 8.42 Å². The van der Waals surface area contributed by atoms with Crippen LogP contribution in [0.2, 0.25) is 0 Å². The van der Waals surface area contributed by atoms with Gasteiger partial charge in [-0.25, -0.2) is 18.4 Å². The van der Waals surface area contributed by atoms with Crippen LogP contribution < -0.4 is 4.74 Å². The average Bonchev–Trinajstić information content (AvgIpc) is 2.58. The summed E-state index contributed by atoms with van der Waals surface area (Å²) in [4.78, 5) is 8.45. The Morgan fingerprint density at radius 1 is 1.17 bits per heavy atom. The summed E-state index contributed by atoms with van der Waals surface area (Å²) < 4.78 is 33.3. The largest absolute Gasteiger partial charge is 0.459 e. The van der Waals surface area contributed by atoms with Crippen LogP contribution in [0.15, 0.2) is 52.1 Å². The number of halogens is 1. The number of rotatable bonds is 4. The van der Waals surface area contributed by atoms with Gasteiger partial charge < -0.3 is 4.74 Å². The van der Waals surface area contributed by atoms with Gasteiger partial charge in [-0.05, 0) is 40.9 Å². The van der Waals surface area contributed by atoms with Crippen molar-refractivity contribution in [1.82, 2.24) is 14.3 Å². The summed E-state index contributed by atoms with van der Waals surface area (Å²) in [6, 6.07) is 8.72. The van der Waals surface area contributed by atoms with Gasteiger partial charge in [-0.15, -0.1) is 0 Å². The second-order valence-corrected chi connectivity index (χ2v) is 8.10. The number of piperidine rings is 1. The summed E-state index contributed by atoms with van der Waals surface area (Å²) in [5.74, 6) is 0. The van der Waals surface area contributed by atoms with Crippen LogP contribution in [0.1, 0.15) is 12.8 Å². The lowest BCUT2D eigenvalue weighted by Gasteiger charge is -2.31. The van der Waals surface area contributed by atoms with Crippen molar-refractivity contribution in [2.45, 2.75) is 23.8 Å². The Labute approximate surface area is 143 Å². The van der Waals surface area contributed by atoms with Gasteiger partial charge >= 0.3 is 6.01 Å². The molecule has 1 aliphatic heterocycles. The maximum absolute atomic E-state index is 12.7. The first-order valence-corrected chi connectivity index (χ1v) is 9.48. The fourth-order valence-corrected chi connectivity index (χ4v) is 4.21. The van der Waals surface area contributed by atoms with Crippen LogP contribution in [0.25, 0.3) is 0 Å². The van der Waals surface area contributed by atoms with Crippen molar-refractivity contribution in [3.05, 3.63) is 47.2 Å². The third-order valence-corrected chi connectivity index (χ3v) is 5.88. The summed E-state index contributed by atoms with van der Waals surface area (Å²) in [5.41, 5.74) is 0. The molecule has 1 aromatic heterocycles. The minimum Gasteiger partial charge on any atom is -0.459 e. The van der Waals surface area contributed by atoms with E-state index in [4.69, 9.17) is 4.74 Å². The molecule has 6 nitrogen and oxygen atoms in total. The zero-order chi connectivity index (χ0) is 16.3. The highest BCUT2D eigenvalue weighted by Crippen LogP contribution is 2.22. The van der Waals surface area contributed by atoms with Crippen molar-refractivity contribution in [3.63, 3.8) is 0 Å². The second kappa shape index (κ2) is 6.94. The van der Waals surface area contributed by atoms with E-state index >= 15 is 0 Å². The molecular weight excluding hydrogens is 382 g/mol. The smallest absolute Gasteiger partial charge is 0.316 e. The molecule has 0 saturated carbocycles. The first-order valence-electron chi connectivity index (χ1n) is 7.25. The van der Waals surface area contributed by atoms with E-state index in [1.807, 2.05) is 0 Å². The lowest BCUT2D eigenvalue weighted by molar-refractivity contribution is 0.119. The first kappa shape index (κ1) is 16.4. The molecule has 1 fully saturated rings. The molecule has 1 saturated heterocycles. The highest BCUT2D eigenvalue weighted by atomic mass is 79.9. The van der Waals surface area contributed by atoms with Crippen LogP contribution in [0, 0.1) is 0 Å². The number of benzene rings is 1. The molecule has 1 unspecified atom stereocenters. The molecule has 122 valence electrons. The van der Waals surface area contributed by atoms with Crippen LogP contribution in [0.3, 0.4) is 0 Å². The summed E-state index contributed by atoms with van der Waals surface area (Å²) in [7, 11) is -3.49. The molecule has 2 heterocycles.